The van der Waals surface area contributed by atoms with E-state index >= 15 is 0 Å². The lowest BCUT2D eigenvalue weighted by Crippen LogP contribution is -2.18. The molecular formula is C15H15BrN2OS. The Labute approximate surface area is 131 Å². The molecule has 20 heavy (non-hydrogen) atoms. The van der Waals surface area contributed by atoms with Gasteiger partial charge in [0.2, 0.25) is 0 Å². The number of aliphatic hydroxyl groups excluding tert-OH is 1. The number of nitriles is 1. The van der Waals surface area contributed by atoms with Gasteiger partial charge in [-0.05, 0) is 52.0 Å². The topological polar surface area (TPSA) is 47.3 Å². The monoisotopic (exact) mass is 350 g/mol. The summed E-state index contributed by atoms with van der Waals surface area (Å²) in [5.41, 5.74) is 3.52. The molecule has 1 N–H and O–H groups in total. The van der Waals surface area contributed by atoms with E-state index in [4.69, 9.17) is 5.26 Å². The Morgan fingerprint density at radius 1 is 1.45 bits per heavy atom. The van der Waals surface area contributed by atoms with E-state index in [1.807, 2.05) is 19.2 Å². The zero-order valence-electron chi connectivity index (χ0n) is 11.3. The number of hydrogen-bond acceptors (Lipinski definition) is 4. The van der Waals surface area contributed by atoms with Crippen molar-refractivity contribution in [1.29, 1.82) is 5.26 Å². The van der Waals surface area contributed by atoms with Crippen LogP contribution in [0, 0.1) is 11.3 Å². The summed E-state index contributed by atoms with van der Waals surface area (Å²) in [5, 5.41) is 21.0. The zero-order valence-corrected chi connectivity index (χ0v) is 13.7. The van der Waals surface area contributed by atoms with Crippen LogP contribution in [-0.4, -0.2) is 12.2 Å². The van der Waals surface area contributed by atoms with Crippen LogP contribution in [0.2, 0.25) is 0 Å². The third-order valence-corrected chi connectivity index (χ3v) is 4.62. The highest BCUT2D eigenvalue weighted by Crippen LogP contribution is 2.29. The molecule has 5 heteroatoms. The number of nitrogens with zero attached hydrogens (tertiary/aromatic N) is 2. The first-order valence-corrected chi connectivity index (χ1v) is 7.84. The maximum absolute atomic E-state index is 9.87. The molecule has 0 aliphatic rings. The van der Waals surface area contributed by atoms with Gasteiger partial charge in [-0.25, -0.2) is 0 Å². The molecule has 1 aromatic carbocycles. The van der Waals surface area contributed by atoms with E-state index in [0.717, 1.165) is 21.6 Å². The van der Waals surface area contributed by atoms with E-state index in [1.165, 1.54) is 5.56 Å². The zero-order chi connectivity index (χ0) is 14.7. The fourth-order valence-corrected chi connectivity index (χ4v) is 3.29. The van der Waals surface area contributed by atoms with Gasteiger partial charge in [-0.3, -0.25) is 0 Å². The van der Waals surface area contributed by atoms with Gasteiger partial charge in [-0.15, -0.1) is 11.3 Å². The van der Waals surface area contributed by atoms with Crippen LogP contribution < -0.4 is 4.90 Å². The number of rotatable bonds is 4. The largest absolute Gasteiger partial charge is 0.389 e. The van der Waals surface area contributed by atoms with Crippen molar-refractivity contribution in [3.8, 4) is 6.07 Å². The molecule has 1 aromatic heterocycles. The highest BCUT2D eigenvalue weighted by atomic mass is 79.9. The molecule has 0 radical (unpaired) electrons. The Bertz CT molecular complexity index is 646. The molecule has 104 valence electrons. The van der Waals surface area contributed by atoms with Crippen molar-refractivity contribution in [3.63, 3.8) is 0 Å². The first-order chi connectivity index (χ1) is 9.51. The predicted molar refractivity (Wildman–Crippen MR) is 85.9 cm³/mol. The van der Waals surface area contributed by atoms with E-state index in [9.17, 15) is 5.11 Å². The van der Waals surface area contributed by atoms with Crippen molar-refractivity contribution in [2.24, 2.45) is 0 Å². The molecule has 0 aliphatic carbocycles. The summed E-state index contributed by atoms with van der Waals surface area (Å²) >= 11 is 5.10. The third-order valence-electron chi connectivity index (χ3n) is 3.06. The Hall–Kier alpha value is -1.35. The van der Waals surface area contributed by atoms with Crippen LogP contribution in [0.3, 0.4) is 0 Å². The maximum atomic E-state index is 9.87. The summed E-state index contributed by atoms with van der Waals surface area (Å²) in [6, 6.07) is 9.60. The summed E-state index contributed by atoms with van der Waals surface area (Å²) in [6.45, 7) is 2.47. The lowest BCUT2D eigenvalue weighted by atomic mass is 10.0. The van der Waals surface area contributed by atoms with Gasteiger partial charge in [-0.1, -0.05) is 6.07 Å². The van der Waals surface area contributed by atoms with Crippen LogP contribution in [0.15, 0.2) is 33.4 Å². The third kappa shape index (κ3) is 3.40. The molecule has 0 spiro atoms. The van der Waals surface area contributed by atoms with Crippen molar-refractivity contribution in [1.82, 2.24) is 0 Å². The average molecular weight is 351 g/mol. The lowest BCUT2D eigenvalue weighted by Gasteiger charge is -2.23. The Morgan fingerprint density at radius 3 is 2.75 bits per heavy atom. The molecule has 3 nitrogen and oxygen atoms in total. The fraction of sp³-hybridized carbons (Fsp3) is 0.267. The summed E-state index contributed by atoms with van der Waals surface area (Å²) in [6.07, 6.45) is -0.561. The maximum Gasteiger partial charge on any atom is 0.0992 e. The lowest BCUT2D eigenvalue weighted by molar-refractivity contribution is 0.199. The average Bonchev–Trinajstić information content (AvgIpc) is 2.83. The van der Waals surface area contributed by atoms with Gasteiger partial charge in [0.15, 0.2) is 0 Å². The van der Waals surface area contributed by atoms with Gasteiger partial charge >= 0.3 is 0 Å². The van der Waals surface area contributed by atoms with E-state index in [2.05, 4.69) is 38.3 Å². The highest BCUT2D eigenvalue weighted by molar-refractivity contribution is 9.11. The summed E-state index contributed by atoms with van der Waals surface area (Å²) in [7, 11) is 1.97. The molecule has 0 saturated carbocycles. The van der Waals surface area contributed by atoms with E-state index in [1.54, 1.807) is 24.3 Å². The minimum absolute atomic E-state index is 0.561. The minimum atomic E-state index is -0.561. The van der Waals surface area contributed by atoms with Gasteiger partial charge in [0.1, 0.15) is 0 Å². The molecule has 1 unspecified atom stereocenters. The second-order valence-corrected chi connectivity index (χ2v) is 6.97. The SMILES string of the molecule is CC(O)c1ccc(C#N)cc1N(C)Cc1csc(Br)c1. The molecule has 0 fully saturated rings. The number of aliphatic hydroxyl groups is 1. The number of thiophene rings is 1. The normalized spacial score (nSPS) is 11.9. The van der Waals surface area contributed by atoms with Crippen LogP contribution >= 0.6 is 27.3 Å². The summed E-state index contributed by atoms with van der Waals surface area (Å²) in [4.78, 5) is 2.05. The van der Waals surface area contributed by atoms with Crippen molar-refractivity contribution in [2.75, 3.05) is 11.9 Å². The summed E-state index contributed by atoms with van der Waals surface area (Å²) < 4.78 is 1.10. The first kappa shape index (κ1) is 15.0. The predicted octanol–water partition coefficient (Wildman–Crippen LogP) is 4.07. The molecule has 2 aromatic rings. The highest BCUT2D eigenvalue weighted by Gasteiger charge is 2.13. The van der Waals surface area contributed by atoms with Crippen LogP contribution in [0.1, 0.15) is 29.7 Å². The number of hydrogen-bond donors (Lipinski definition) is 1. The molecule has 0 amide bonds. The van der Waals surface area contributed by atoms with Crippen molar-refractivity contribution in [3.05, 3.63) is 50.1 Å². The number of halogens is 1. The van der Waals surface area contributed by atoms with Crippen LogP contribution in [-0.2, 0) is 6.54 Å². The number of anilines is 1. The van der Waals surface area contributed by atoms with E-state index in [0.29, 0.717) is 5.56 Å². The molecule has 1 heterocycles. The Balaban J connectivity index is 2.32. The van der Waals surface area contributed by atoms with Crippen LogP contribution in [0.5, 0.6) is 0 Å². The molecule has 0 aliphatic heterocycles. The second-order valence-electron chi connectivity index (χ2n) is 4.68. The van der Waals surface area contributed by atoms with Gasteiger partial charge in [0.25, 0.3) is 0 Å². The fourth-order valence-electron chi connectivity index (χ4n) is 2.08. The van der Waals surface area contributed by atoms with Crippen LogP contribution in [0.25, 0.3) is 0 Å². The van der Waals surface area contributed by atoms with Crippen molar-refractivity contribution < 1.29 is 5.11 Å². The van der Waals surface area contributed by atoms with Crippen molar-refractivity contribution >= 4 is 33.0 Å². The number of benzene rings is 1. The molecule has 0 bridgehead atoms. The van der Waals surface area contributed by atoms with Crippen molar-refractivity contribution in [2.45, 2.75) is 19.6 Å². The first-order valence-electron chi connectivity index (χ1n) is 6.17. The molecule has 2 rings (SSSR count). The van der Waals surface area contributed by atoms with Gasteiger partial charge in [0.05, 0.1) is 21.5 Å². The molecule has 0 saturated heterocycles. The van der Waals surface area contributed by atoms with Gasteiger partial charge < -0.3 is 10.0 Å². The van der Waals surface area contributed by atoms with E-state index in [-0.39, 0.29) is 0 Å². The quantitative estimate of drug-likeness (QED) is 0.903. The molecule has 1 atom stereocenters. The smallest absolute Gasteiger partial charge is 0.0992 e. The summed E-state index contributed by atoms with van der Waals surface area (Å²) in [5.74, 6) is 0. The van der Waals surface area contributed by atoms with Gasteiger partial charge in [0, 0.05) is 24.8 Å². The Morgan fingerprint density at radius 2 is 2.20 bits per heavy atom. The second kappa shape index (κ2) is 6.40. The minimum Gasteiger partial charge on any atom is -0.389 e. The Kier molecular flexibility index (Phi) is 4.81. The van der Waals surface area contributed by atoms with E-state index < -0.39 is 6.10 Å². The van der Waals surface area contributed by atoms with Crippen LogP contribution in [0.4, 0.5) is 5.69 Å². The standard InChI is InChI=1S/C15H15BrN2OS/c1-10(19)13-4-3-11(7-17)5-14(13)18(2)8-12-6-15(16)20-9-12/h3-6,9-10,19H,8H2,1-2H3. The molecular weight excluding hydrogens is 336 g/mol. The van der Waals surface area contributed by atoms with Gasteiger partial charge in [-0.2, -0.15) is 5.26 Å².